The van der Waals surface area contributed by atoms with Crippen LogP contribution in [0.15, 0.2) is 53.9 Å². The Morgan fingerprint density at radius 3 is 2.81 bits per heavy atom. The first-order chi connectivity index (χ1) is 10.2. The molecular weight excluding hydrogens is 287 g/mol. The SMILES string of the molecule is C[C@@H](Sc1n[nH]c(-c2cccnc2)n1)c1ccccc1F. The number of rotatable bonds is 4. The number of aromatic amines is 1. The summed E-state index contributed by atoms with van der Waals surface area (Å²) in [7, 11) is 0. The Labute approximate surface area is 125 Å². The van der Waals surface area contributed by atoms with Gasteiger partial charge in [-0.25, -0.2) is 9.37 Å². The summed E-state index contributed by atoms with van der Waals surface area (Å²) in [6.45, 7) is 1.93. The number of benzene rings is 1. The lowest BCUT2D eigenvalue weighted by Crippen LogP contribution is -1.93. The van der Waals surface area contributed by atoms with E-state index >= 15 is 0 Å². The highest BCUT2D eigenvalue weighted by atomic mass is 32.2. The fourth-order valence-electron chi connectivity index (χ4n) is 1.96. The fourth-order valence-corrected chi connectivity index (χ4v) is 2.83. The number of pyridine rings is 1. The summed E-state index contributed by atoms with van der Waals surface area (Å²) in [6, 6.07) is 10.5. The average molecular weight is 300 g/mol. The standard InChI is InChI=1S/C15H13FN4S/c1-10(12-6-2-3-7-13(12)16)21-15-18-14(19-20-15)11-5-4-8-17-9-11/h2-10H,1H3,(H,18,19,20)/t10-/m1/s1. The third kappa shape index (κ3) is 3.11. The third-order valence-corrected chi connectivity index (χ3v) is 4.03. The summed E-state index contributed by atoms with van der Waals surface area (Å²) >= 11 is 1.41. The van der Waals surface area contributed by atoms with Crippen molar-refractivity contribution in [1.29, 1.82) is 0 Å². The quantitative estimate of drug-likeness (QED) is 0.743. The molecule has 1 N–H and O–H groups in total. The van der Waals surface area contributed by atoms with Crippen LogP contribution in [0.1, 0.15) is 17.7 Å². The maximum absolute atomic E-state index is 13.7. The largest absolute Gasteiger partial charge is 0.264 e. The van der Waals surface area contributed by atoms with Gasteiger partial charge in [-0.15, -0.1) is 5.10 Å². The van der Waals surface area contributed by atoms with Crippen molar-refractivity contribution < 1.29 is 4.39 Å². The van der Waals surface area contributed by atoms with E-state index in [4.69, 9.17) is 0 Å². The summed E-state index contributed by atoms with van der Waals surface area (Å²) in [5.41, 5.74) is 1.52. The lowest BCUT2D eigenvalue weighted by Gasteiger charge is -2.09. The molecule has 0 fully saturated rings. The van der Waals surface area contributed by atoms with Gasteiger partial charge < -0.3 is 0 Å². The lowest BCUT2D eigenvalue weighted by molar-refractivity contribution is 0.611. The topological polar surface area (TPSA) is 54.5 Å². The number of aromatic nitrogens is 4. The van der Waals surface area contributed by atoms with Gasteiger partial charge in [-0.2, -0.15) is 0 Å². The Kier molecular flexibility index (Phi) is 3.96. The summed E-state index contributed by atoms with van der Waals surface area (Å²) < 4.78 is 13.7. The highest BCUT2D eigenvalue weighted by Gasteiger charge is 2.15. The Morgan fingerprint density at radius 2 is 2.05 bits per heavy atom. The summed E-state index contributed by atoms with van der Waals surface area (Å²) in [4.78, 5) is 8.46. The molecule has 0 spiro atoms. The van der Waals surface area contributed by atoms with Crippen LogP contribution < -0.4 is 0 Å². The number of H-pyrrole nitrogens is 1. The zero-order valence-electron chi connectivity index (χ0n) is 11.3. The molecule has 4 nitrogen and oxygen atoms in total. The van der Waals surface area contributed by atoms with Crippen LogP contribution in [0.3, 0.4) is 0 Å². The molecule has 0 saturated carbocycles. The maximum atomic E-state index is 13.7. The number of hydrogen-bond donors (Lipinski definition) is 1. The Balaban J connectivity index is 1.77. The van der Waals surface area contributed by atoms with Crippen molar-refractivity contribution in [2.24, 2.45) is 0 Å². The van der Waals surface area contributed by atoms with Crippen LogP contribution in [0.4, 0.5) is 4.39 Å². The van der Waals surface area contributed by atoms with Crippen LogP contribution in [-0.2, 0) is 0 Å². The zero-order chi connectivity index (χ0) is 14.7. The third-order valence-electron chi connectivity index (χ3n) is 3.03. The minimum absolute atomic E-state index is 0.0660. The molecule has 0 bridgehead atoms. The minimum Gasteiger partial charge on any atom is -0.264 e. The summed E-state index contributed by atoms with van der Waals surface area (Å²) in [5.74, 6) is 0.451. The highest BCUT2D eigenvalue weighted by molar-refractivity contribution is 7.99. The molecule has 106 valence electrons. The van der Waals surface area contributed by atoms with E-state index in [1.165, 1.54) is 17.8 Å². The number of halogens is 1. The molecule has 21 heavy (non-hydrogen) atoms. The predicted molar refractivity (Wildman–Crippen MR) is 80.3 cm³/mol. The second-order valence-corrected chi connectivity index (χ2v) is 5.80. The van der Waals surface area contributed by atoms with Gasteiger partial charge >= 0.3 is 0 Å². The molecule has 0 aliphatic rings. The Hall–Kier alpha value is -2.21. The number of nitrogens with zero attached hydrogens (tertiary/aromatic N) is 3. The molecule has 6 heteroatoms. The molecule has 1 aromatic carbocycles. The molecule has 1 atom stereocenters. The normalized spacial score (nSPS) is 12.3. The van der Waals surface area contributed by atoms with Crippen molar-refractivity contribution in [2.45, 2.75) is 17.3 Å². The van der Waals surface area contributed by atoms with Gasteiger partial charge in [0.2, 0.25) is 5.16 Å². The molecule has 0 radical (unpaired) electrons. The Morgan fingerprint density at radius 1 is 1.19 bits per heavy atom. The van der Waals surface area contributed by atoms with E-state index in [-0.39, 0.29) is 11.1 Å². The second kappa shape index (κ2) is 6.05. The summed E-state index contributed by atoms with van der Waals surface area (Å²) in [6.07, 6.45) is 3.42. The Bertz CT molecular complexity index is 729. The molecule has 3 aromatic rings. The highest BCUT2D eigenvalue weighted by Crippen LogP contribution is 2.34. The van der Waals surface area contributed by atoms with Gasteiger partial charge in [-0.1, -0.05) is 30.0 Å². The molecule has 0 aliphatic carbocycles. The van der Waals surface area contributed by atoms with Crippen LogP contribution >= 0.6 is 11.8 Å². The summed E-state index contributed by atoms with van der Waals surface area (Å²) in [5, 5.41) is 7.56. The monoisotopic (exact) mass is 300 g/mol. The van der Waals surface area contributed by atoms with Crippen LogP contribution in [0.2, 0.25) is 0 Å². The van der Waals surface area contributed by atoms with Crippen LogP contribution in [0.5, 0.6) is 0 Å². The van der Waals surface area contributed by atoms with Crippen molar-refractivity contribution >= 4 is 11.8 Å². The minimum atomic E-state index is -0.208. The first-order valence-corrected chi connectivity index (χ1v) is 7.36. The van der Waals surface area contributed by atoms with E-state index in [1.54, 1.807) is 24.5 Å². The molecule has 0 aliphatic heterocycles. The van der Waals surface area contributed by atoms with Gasteiger partial charge in [0.05, 0.1) is 0 Å². The number of hydrogen-bond acceptors (Lipinski definition) is 4. The molecule has 0 unspecified atom stereocenters. The van der Waals surface area contributed by atoms with E-state index in [2.05, 4.69) is 20.2 Å². The lowest BCUT2D eigenvalue weighted by atomic mass is 10.1. The van der Waals surface area contributed by atoms with Gasteiger partial charge in [-0.05, 0) is 25.1 Å². The second-order valence-electron chi connectivity index (χ2n) is 4.49. The zero-order valence-corrected chi connectivity index (χ0v) is 12.1. The van der Waals surface area contributed by atoms with E-state index in [9.17, 15) is 4.39 Å². The molecule has 0 amide bonds. The average Bonchev–Trinajstić information content (AvgIpc) is 2.97. The molecule has 2 heterocycles. The van der Waals surface area contributed by atoms with Gasteiger partial charge in [0.15, 0.2) is 5.82 Å². The van der Waals surface area contributed by atoms with E-state index in [1.807, 2.05) is 25.1 Å². The van der Waals surface area contributed by atoms with Crippen molar-refractivity contribution in [3.8, 4) is 11.4 Å². The van der Waals surface area contributed by atoms with E-state index in [0.29, 0.717) is 16.5 Å². The van der Waals surface area contributed by atoms with Gasteiger partial charge in [0.25, 0.3) is 0 Å². The van der Waals surface area contributed by atoms with Crippen molar-refractivity contribution in [1.82, 2.24) is 20.2 Å². The predicted octanol–water partition coefficient (Wildman–Crippen LogP) is 3.86. The molecule has 3 rings (SSSR count). The van der Waals surface area contributed by atoms with Crippen LogP contribution in [0.25, 0.3) is 11.4 Å². The maximum Gasteiger partial charge on any atom is 0.209 e. The van der Waals surface area contributed by atoms with E-state index < -0.39 is 0 Å². The smallest absolute Gasteiger partial charge is 0.209 e. The van der Waals surface area contributed by atoms with Crippen molar-refractivity contribution in [3.63, 3.8) is 0 Å². The first-order valence-electron chi connectivity index (χ1n) is 6.48. The van der Waals surface area contributed by atoms with Crippen LogP contribution in [0, 0.1) is 5.82 Å². The number of thioether (sulfide) groups is 1. The van der Waals surface area contributed by atoms with Gasteiger partial charge in [0, 0.05) is 28.8 Å². The molecule has 2 aromatic heterocycles. The van der Waals surface area contributed by atoms with E-state index in [0.717, 1.165) is 5.56 Å². The fraction of sp³-hybridized carbons (Fsp3) is 0.133. The number of nitrogens with one attached hydrogen (secondary N) is 1. The van der Waals surface area contributed by atoms with Gasteiger partial charge in [-0.3, -0.25) is 10.1 Å². The molecule has 0 saturated heterocycles. The molecular formula is C15H13FN4S. The van der Waals surface area contributed by atoms with Gasteiger partial charge in [0.1, 0.15) is 5.82 Å². The first kappa shape index (κ1) is 13.8. The van der Waals surface area contributed by atoms with Crippen molar-refractivity contribution in [3.05, 3.63) is 60.2 Å². The van der Waals surface area contributed by atoms with Crippen molar-refractivity contribution in [2.75, 3.05) is 0 Å². The van der Waals surface area contributed by atoms with Crippen LogP contribution in [-0.4, -0.2) is 20.2 Å².